The summed E-state index contributed by atoms with van der Waals surface area (Å²) in [5.41, 5.74) is 7.93. The van der Waals surface area contributed by atoms with Crippen LogP contribution in [-0.2, 0) is 11.2 Å². The number of benzene rings is 1. The maximum Gasteiger partial charge on any atom is 0.194 e. The molecule has 0 aliphatic carbocycles. The van der Waals surface area contributed by atoms with Gasteiger partial charge in [0.15, 0.2) is 5.78 Å². The van der Waals surface area contributed by atoms with Gasteiger partial charge in [-0.3, -0.25) is 9.59 Å². The molecule has 0 saturated heterocycles. The summed E-state index contributed by atoms with van der Waals surface area (Å²) in [7, 11) is 0. The van der Waals surface area contributed by atoms with Gasteiger partial charge < -0.3 is 5.73 Å². The van der Waals surface area contributed by atoms with E-state index in [9.17, 15) is 9.59 Å². The minimum Gasteiger partial charge on any atom is -0.398 e. The second-order valence-electron chi connectivity index (χ2n) is 4.03. The molecule has 0 spiro atoms. The molecule has 0 aliphatic heterocycles. The predicted octanol–water partition coefficient (Wildman–Crippen LogP) is 2.72. The van der Waals surface area contributed by atoms with Crippen molar-refractivity contribution < 1.29 is 9.59 Å². The zero-order valence-corrected chi connectivity index (χ0v) is 10.7. The van der Waals surface area contributed by atoms with E-state index >= 15 is 0 Å². The average Bonchev–Trinajstić information content (AvgIpc) is 2.32. The summed E-state index contributed by atoms with van der Waals surface area (Å²) >= 11 is 0. The van der Waals surface area contributed by atoms with E-state index < -0.39 is 0 Å². The Morgan fingerprint density at radius 1 is 1.39 bits per heavy atom. The smallest absolute Gasteiger partial charge is 0.194 e. The standard InChI is InChI=1S/C15H17NO2/c1-4-11(5-2)15(18)13-8-6-7-12(14(13)16)9-10(3)17/h4-8H,1,9,16H2,2-3H3/b11-5+. The first kappa shape index (κ1) is 13.9. The van der Waals surface area contributed by atoms with Crippen molar-refractivity contribution >= 4 is 17.3 Å². The van der Waals surface area contributed by atoms with Crippen LogP contribution in [-0.4, -0.2) is 11.6 Å². The van der Waals surface area contributed by atoms with Crippen molar-refractivity contribution in [3.05, 3.63) is 53.6 Å². The molecule has 0 bridgehead atoms. The highest BCUT2D eigenvalue weighted by molar-refractivity contribution is 6.13. The second kappa shape index (κ2) is 5.96. The van der Waals surface area contributed by atoms with Gasteiger partial charge in [-0.15, -0.1) is 0 Å². The van der Waals surface area contributed by atoms with Crippen molar-refractivity contribution in [2.24, 2.45) is 0 Å². The van der Waals surface area contributed by atoms with E-state index in [1.165, 1.54) is 13.0 Å². The molecule has 0 fully saturated rings. The molecule has 18 heavy (non-hydrogen) atoms. The van der Waals surface area contributed by atoms with E-state index in [1.54, 1.807) is 31.2 Å². The van der Waals surface area contributed by atoms with E-state index in [2.05, 4.69) is 6.58 Å². The normalized spacial score (nSPS) is 11.1. The van der Waals surface area contributed by atoms with Gasteiger partial charge in [0.25, 0.3) is 0 Å². The maximum atomic E-state index is 12.2. The Morgan fingerprint density at radius 2 is 2.06 bits per heavy atom. The van der Waals surface area contributed by atoms with E-state index in [0.29, 0.717) is 22.4 Å². The van der Waals surface area contributed by atoms with Crippen molar-refractivity contribution in [3.63, 3.8) is 0 Å². The lowest BCUT2D eigenvalue weighted by atomic mass is 9.97. The van der Waals surface area contributed by atoms with Gasteiger partial charge in [-0.2, -0.15) is 0 Å². The van der Waals surface area contributed by atoms with Crippen LogP contribution in [0, 0.1) is 0 Å². The molecule has 2 N–H and O–H groups in total. The topological polar surface area (TPSA) is 60.2 Å². The van der Waals surface area contributed by atoms with Crippen LogP contribution in [0.3, 0.4) is 0 Å². The number of nitrogen functional groups attached to an aromatic ring is 1. The molecular formula is C15H17NO2. The monoisotopic (exact) mass is 243 g/mol. The third kappa shape index (κ3) is 2.94. The summed E-state index contributed by atoms with van der Waals surface area (Å²) in [5, 5.41) is 0. The van der Waals surface area contributed by atoms with Crippen LogP contribution in [0.4, 0.5) is 5.69 Å². The maximum absolute atomic E-state index is 12.2. The Morgan fingerprint density at radius 3 is 2.56 bits per heavy atom. The molecule has 3 heteroatoms. The SMILES string of the molecule is C=C/C(=C\C)C(=O)c1cccc(CC(C)=O)c1N. The van der Waals surface area contributed by atoms with Crippen LogP contribution in [0.25, 0.3) is 0 Å². The molecule has 0 aromatic heterocycles. The van der Waals surface area contributed by atoms with Gasteiger partial charge in [-0.05, 0) is 25.5 Å². The van der Waals surface area contributed by atoms with Gasteiger partial charge in [0.1, 0.15) is 5.78 Å². The van der Waals surface area contributed by atoms with Crippen LogP contribution < -0.4 is 5.73 Å². The first-order chi connectivity index (χ1) is 8.51. The molecule has 0 saturated carbocycles. The van der Waals surface area contributed by atoms with E-state index in [1.807, 2.05) is 0 Å². The minimum absolute atomic E-state index is 0.0151. The zero-order chi connectivity index (χ0) is 13.7. The number of nitrogens with two attached hydrogens (primary N) is 1. The minimum atomic E-state index is -0.171. The Hall–Kier alpha value is -2.16. The third-order valence-corrected chi connectivity index (χ3v) is 2.67. The lowest BCUT2D eigenvalue weighted by Gasteiger charge is -2.09. The van der Waals surface area contributed by atoms with Gasteiger partial charge >= 0.3 is 0 Å². The Labute approximate surface area is 107 Å². The van der Waals surface area contributed by atoms with E-state index in [4.69, 9.17) is 5.73 Å². The Bertz CT molecular complexity index is 527. The summed E-state index contributed by atoms with van der Waals surface area (Å²) in [6.45, 7) is 6.86. The Kier molecular flexibility index (Phi) is 4.60. The largest absolute Gasteiger partial charge is 0.398 e. The van der Waals surface area contributed by atoms with Crippen LogP contribution in [0.1, 0.15) is 29.8 Å². The number of carbonyl (C=O) groups excluding carboxylic acids is 2. The molecule has 0 atom stereocenters. The molecule has 0 radical (unpaired) electrons. The van der Waals surface area contributed by atoms with E-state index in [0.717, 1.165) is 0 Å². The number of anilines is 1. The van der Waals surface area contributed by atoms with Gasteiger partial charge in [-0.25, -0.2) is 0 Å². The van der Waals surface area contributed by atoms with Crippen molar-refractivity contribution in [3.8, 4) is 0 Å². The lowest BCUT2D eigenvalue weighted by Crippen LogP contribution is -2.09. The number of carbonyl (C=O) groups is 2. The molecule has 0 unspecified atom stereocenters. The van der Waals surface area contributed by atoms with Crippen LogP contribution in [0.2, 0.25) is 0 Å². The van der Waals surface area contributed by atoms with Gasteiger partial charge in [0.05, 0.1) is 0 Å². The molecule has 1 aromatic carbocycles. The number of para-hydroxylation sites is 1. The van der Waals surface area contributed by atoms with Crippen LogP contribution >= 0.6 is 0 Å². The first-order valence-corrected chi connectivity index (χ1v) is 5.71. The van der Waals surface area contributed by atoms with Crippen molar-refractivity contribution in [2.75, 3.05) is 5.73 Å². The number of hydrogen-bond donors (Lipinski definition) is 1. The van der Waals surface area contributed by atoms with Gasteiger partial charge in [0.2, 0.25) is 0 Å². The van der Waals surface area contributed by atoms with Gasteiger partial charge in [0, 0.05) is 23.2 Å². The molecular weight excluding hydrogens is 226 g/mol. The molecule has 94 valence electrons. The van der Waals surface area contributed by atoms with Gasteiger partial charge in [-0.1, -0.05) is 30.9 Å². The van der Waals surface area contributed by atoms with Crippen LogP contribution in [0.15, 0.2) is 42.5 Å². The fourth-order valence-corrected chi connectivity index (χ4v) is 1.73. The molecule has 0 heterocycles. The summed E-state index contributed by atoms with van der Waals surface area (Å²) in [6, 6.07) is 5.16. The number of rotatable bonds is 5. The summed E-state index contributed by atoms with van der Waals surface area (Å²) in [5.74, 6) is -0.156. The fraction of sp³-hybridized carbons (Fsp3) is 0.200. The highest BCUT2D eigenvalue weighted by Crippen LogP contribution is 2.21. The van der Waals surface area contributed by atoms with Crippen molar-refractivity contribution in [1.82, 2.24) is 0 Å². The van der Waals surface area contributed by atoms with Crippen molar-refractivity contribution in [2.45, 2.75) is 20.3 Å². The number of Topliss-reactive ketones (excluding diaryl/α,β-unsaturated/α-hetero) is 2. The fourth-order valence-electron chi connectivity index (χ4n) is 1.73. The quantitative estimate of drug-likeness (QED) is 0.374. The summed E-state index contributed by atoms with van der Waals surface area (Å²) in [6.07, 6.45) is 3.43. The average molecular weight is 243 g/mol. The first-order valence-electron chi connectivity index (χ1n) is 5.71. The Balaban J connectivity index is 3.22. The van der Waals surface area contributed by atoms with Crippen molar-refractivity contribution in [1.29, 1.82) is 0 Å². The highest BCUT2D eigenvalue weighted by atomic mass is 16.1. The second-order valence-corrected chi connectivity index (χ2v) is 4.03. The molecule has 0 amide bonds. The highest BCUT2D eigenvalue weighted by Gasteiger charge is 2.15. The number of allylic oxidation sites excluding steroid dienone is 3. The molecule has 1 aromatic rings. The predicted molar refractivity (Wildman–Crippen MR) is 73.5 cm³/mol. The van der Waals surface area contributed by atoms with E-state index in [-0.39, 0.29) is 18.0 Å². The molecule has 0 aliphatic rings. The zero-order valence-electron chi connectivity index (χ0n) is 10.7. The number of ketones is 2. The lowest BCUT2D eigenvalue weighted by molar-refractivity contribution is -0.116. The molecule has 1 rings (SSSR count). The third-order valence-electron chi connectivity index (χ3n) is 2.67. The van der Waals surface area contributed by atoms with Crippen LogP contribution in [0.5, 0.6) is 0 Å². The number of hydrogen-bond acceptors (Lipinski definition) is 3. The summed E-state index contributed by atoms with van der Waals surface area (Å²) < 4.78 is 0. The summed E-state index contributed by atoms with van der Waals surface area (Å²) in [4.78, 5) is 23.3. The molecule has 3 nitrogen and oxygen atoms in total.